The highest BCUT2D eigenvalue weighted by Gasteiger charge is 2.36. The molecule has 1 aromatic carbocycles. The van der Waals surface area contributed by atoms with Crippen LogP contribution in [0.2, 0.25) is 0 Å². The van der Waals surface area contributed by atoms with Crippen molar-refractivity contribution in [3.05, 3.63) is 29.8 Å². The third kappa shape index (κ3) is 2.64. The highest BCUT2D eigenvalue weighted by atomic mass is 16.5. The number of likely N-dealkylation sites (tertiary alicyclic amines) is 1. The molecule has 0 amide bonds. The molecule has 2 unspecified atom stereocenters. The van der Waals surface area contributed by atoms with Crippen molar-refractivity contribution in [3.63, 3.8) is 0 Å². The minimum atomic E-state index is -0.717. The predicted octanol–water partition coefficient (Wildman–Crippen LogP) is 1.82. The minimum absolute atomic E-state index is 0.0490. The highest BCUT2D eigenvalue weighted by Crippen LogP contribution is 2.33. The molecule has 4 nitrogen and oxygen atoms in total. The first-order valence-electron chi connectivity index (χ1n) is 6.26. The molecule has 0 spiro atoms. The number of carboxylic acid groups (broad SMARTS) is 1. The standard InChI is InChI=1S/C14H19NO3/c1-3-18-11-6-4-5-10(7-11)12-8-15(2)9-13(12)14(16)17/h4-7,12-13H,3,8-9H2,1-2H3,(H,16,17). The molecule has 2 rings (SSSR count). The molecule has 4 heteroatoms. The Morgan fingerprint density at radius 1 is 1.50 bits per heavy atom. The predicted molar refractivity (Wildman–Crippen MR) is 69.0 cm³/mol. The summed E-state index contributed by atoms with van der Waals surface area (Å²) in [6, 6.07) is 7.78. The molecule has 2 atom stereocenters. The van der Waals surface area contributed by atoms with E-state index in [1.54, 1.807) is 0 Å². The zero-order valence-electron chi connectivity index (χ0n) is 10.8. The molecule has 1 aliphatic rings. The second-order valence-electron chi connectivity index (χ2n) is 4.78. The molecule has 0 aromatic heterocycles. The van der Waals surface area contributed by atoms with Crippen molar-refractivity contribution in [3.8, 4) is 5.75 Å². The Bertz CT molecular complexity index is 433. The van der Waals surface area contributed by atoms with E-state index in [0.717, 1.165) is 17.9 Å². The lowest BCUT2D eigenvalue weighted by atomic mass is 9.89. The molecule has 98 valence electrons. The van der Waals surface area contributed by atoms with Crippen LogP contribution in [0.1, 0.15) is 18.4 Å². The summed E-state index contributed by atoms with van der Waals surface area (Å²) in [6.07, 6.45) is 0. The Hall–Kier alpha value is -1.55. The van der Waals surface area contributed by atoms with Crippen LogP contribution in [0.25, 0.3) is 0 Å². The van der Waals surface area contributed by atoms with Crippen molar-refractivity contribution in [2.45, 2.75) is 12.8 Å². The number of carbonyl (C=O) groups is 1. The van der Waals surface area contributed by atoms with Crippen LogP contribution in [0.5, 0.6) is 5.75 Å². The van der Waals surface area contributed by atoms with Gasteiger partial charge < -0.3 is 14.7 Å². The number of benzene rings is 1. The Kier molecular flexibility index (Phi) is 3.87. The van der Waals surface area contributed by atoms with Crippen LogP contribution in [-0.2, 0) is 4.79 Å². The summed E-state index contributed by atoms with van der Waals surface area (Å²) in [4.78, 5) is 13.3. The molecular weight excluding hydrogens is 230 g/mol. The van der Waals surface area contributed by atoms with Gasteiger partial charge in [-0.15, -0.1) is 0 Å². The van der Waals surface area contributed by atoms with E-state index in [4.69, 9.17) is 4.74 Å². The van der Waals surface area contributed by atoms with E-state index in [9.17, 15) is 9.90 Å². The monoisotopic (exact) mass is 249 g/mol. The lowest BCUT2D eigenvalue weighted by Gasteiger charge is -2.16. The van der Waals surface area contributed by atoms with Crippen LogP contribution in [0.15, 0.2) is 24.3 Å². The SMILES string of the molecule is CCOc1cccc(C2CN(C)CC2C(=O)O)c1. The molecule has 1 fully saturated rings. The van der Waals surface area contributed by atoms with E-state index < -0.39 is 5.97 Å². The average Bonchev–Trinajstić information content (AvgIpc) is 2.72. The maximum absolute atomic E-state index is 11.3. The molecule has 0 radical (unpaired) electrons. The normalized spacial score (nSPS) is 24.1. The molecule has 0 bridgehead atoms. The summed E-state index contributed by atoms with van der Waals surface area (Å²) in [6.45, 7) is 3.96. The van der Waals surface area contributed by atoms with Crippen molar-refractivity contribution >= 4 is 5.97 Å². The molecule has 0 aliphatic carbocycles. The second-order valence-corrected chi connectivity index (χ2v) is 4.78. The zero-order valence-corrected chi connectivity index (χ0v) is 10.8. The zero-order chi connectivity index (χ0) is 13.1. The van der Waals surface area contributed by atoms with E-state index in [0.29, 0.717) is 13.2 Å². The minimum Gasteiger partial charge on any atom is -0.494 e. The van der Waals surface area contributed by atoms with E-state index in [-0.39, 0.29) is 11.8 Å². The van der Waals surface area contributed by atoms with Gasteiger partial charge in [0.05, 0.1) is 12.5 Å². The number of hydrogen-bond donors (Lipinski definition) is 1. The van der Waals surface area contributed by atoms with Gasteiger partial charge in [0.2, 0.25) is 0 Å². The van der Waals surface area contributed by atoms with Gasteiger partial charge in [-0.25, -0.2) is 0 Å². The van der Waals surface area contributed by atoms with E-state index in [1.807, 2.05) is 38.2 Å². The van der Waals surface area contributed by atoms with Crippen LogP contribution >= 0.6 is 0 Å². The summed E-state index contributed by atoms with van der Waals surface area (Å²) in [5.41, 5.74) is 1.05. The quantitative estimate of drug-likeness (QED) is 0.884. The lowest BCUT2D eigenvalue weighted by Crippen LogP contribution is -2.21. The fourth-order valence-electron chi connectivity index (χ4n) is 2.59. The molecule has 0 saturated carbocycles. The first-order chi connectivity index (χ1) is 8.61. The van der Waals surface area contributed by atoms with Crippen molar-refractivity contribution in [1.29, 1.82) is 0 Å². The largest absolute Gasteiger partial charge is 0.494 e. The summed E-state index contributed by atoms with van der Waals surface area (Å²) < 4.78 is 5.47. The number of likely N-dealkylation sites (N-methyl/N-ethyl adjacent to an activating group) is 1. The lowest BCUT2D eigenvalue weighted by molar-refractivity contribution is -0.141. The van der Waals surface area contributed by atoms with Gasteiger partial charge in [0, 0.05) is 19.0 Å². The molecule has 1 N–H and O–H groups in total. The first kappa shape index (κ1) is 12.9. The first-order valence-corrected chi connectivity index (χ1v) is 6.26. The summed E-state index contributed by atoms with van der Waals surface area (Å²) in [5, 5.41) is 9.28. The van der Waals surface area contributed by atoms with E-state index in [1.165, 1.54) is 0 Å². The van der Waals surface area contributed by atoms with Gasteiger partial charge in [0.1, 0.15) is 5.75 Å². The highest BCUT2D eigenvalue weighted by molar-refractivity contribution is 5.72. The van der Waals surface area contributed by atoms with Gasteiger partial charge >= 0.3 is 5.97 Å². The van der Waals surface area contributed by atoms with Crippen molar-refractivity contribution in [2.75, 3.05) is 26.7 Å². The van der Waals surface area contributed by atoms with Gasteiger partial charge in [0.25, 0.3) is 0 Å². The van der Waals surface area contributed by atoms with Crippen LogP contribution in [0, 0.1) is 5.92 Å². The number of aliphatic carboxylic acids is 1. The summed E-state index contributed by atoms with van der Waals surface area (Å²) in [5.74, 6) is -0.181. The second kappa shape index (κ2) is 5.40. The Morgan fingerprint density at radius 2 is 2.28 bits per heavy atom. The topological polar surface area (TPSA) is 49.8 Å². The maximum Gasteiger partial charge on any atom is 0.308 e. The number of hydrogen-bond acceptors (Lipinski definition) is 3. The van der Waals surface area contributed by atoms with Crippen molar-refractivity contribution < 1.29 is 14.6 Å². The van der Waals surface area contributed by atoms with Crippen LogP contribution in [-0.4, -0.2) is 42.7 Å². The van der Waals surface area contributed by atoms with Gasteiger partial charge in [-0.1, -0.05) is 12.1 Å². The van der Waals surface area contributed by atoms with E-state index >= 15 is 0 Å². The third-order valence-corrected chi connectivity index (χ3v) is 3.42. The molecule has 18 heavy (non-hydrogen) atoms. The van der Waals surface area contributed by atoms with Gasteiger partial charge in [-0.2, -0.15) is 0 Å². The molecule has 1 aliphatic heterocycles. The maximum atomic E-state index is 11.3. The summed E-state index contributed by atoms with van der Waals surface area (Å²) >= 11 is 0. The Morgan fingerprint density at radius 3 is 2.94 bits per heavy atom. The van der Waals surface area contributed by atoms with Crippen LogP contribution in [0.4, 0.5) is 0 Å². The molecule has 1 aromatic rings. The number of nitrogens with zero attached hydrogens (tertiary/aromatic N) is 1. The number of rotatable bonds is 4. The van der Waals surface area contributed by atoms with Gasteiger partial charge in [-0.3, -0.25) is 4.79 Å². The van der Waals surface area contributed by atoms with Crippen molar-refractivity contribution in [1.82, 2.24) is 4.90 Å². The van der Waals surface area contributed by atoms with Gasteiger partial charge in [-0.05, 0) is 31.7 Å². The number of carboxylic acids is 1. The summed E-state index contributed by atoms with van der Waals surface area (Å²) in [7, 11) is 1.96. The molecular formula is C14H19NO3. The van der Waals surface area contributed by atoms with E-state index in [2.05, 4.69) is 4.90 Å². The molecule has 1 heterocycles. The van der Waals surface area contributed by atoms with Crippen molar-refractivity contribution in [2.24, 2.45) is 5.92 Å². The fraction of sp³-hybridized carbons (Fsp3) is 0.500. The number of ether oxygens (including phenoxy) is 1. The van der Waals surface area contributed by atoms with Crippen LogP contribution in [0.3, 0.4) is 0 Å². The Labute approximate surface area is 107 Å². The van der Waals surface area contributed by atoms with Gasteiger partial charge in [0.15, 0.2) is 0 Å². The Balaban J connectivity index is 2.24. The van der Waals surface area contributed by atoms with Crippen LogP contribution < -0.4 is 4.74 Å². The molecule has 1 saturated heterocycles. The smallest absolute Gasteiger partial charge is 0.308 e. The average molecular weight is 249 g/mol. The fourth-order valence-corrected chi connectivity index (χ4v) is 2.59. The third-order valence-electron chi connectivity index (χ3n) is 3.42.